The summed E-state index contributed by atoms with van der Waals surface area (Å²) < 4.78 is 30.7. The highest BCUT2D eigenvalue weighted by Gasteiger charge is 2.58. The molecule has 0 spiro atoms. The van der Waals surface area contributed by atoms with E-state index in [1.165, 1.54) is 0 Å². The van der Waals surface area contributed by atoms with E-state index in [1.54, 1.807) is 7.11 Å². The lowest BCUT2D eigenvalue weighted by atomic mass is 9.78. The van der Waals surface area contributed by atoms with Gasteiger partial charge >= 0.3 is 0 Å². The molecule has 1 aliphatic heterocycles. The van der Waals surface area contributed by atoms with Crippen LogP contribution >= 0.6 is 0 Å². The van der Waals surface area contributed by atoms with Gasteiger partial charge < -0.3 is 29.0 Å². The number of hydrogen-bond acceptors (Lipinski definition) is 6. The number of hydrogen-bond donors (Lipinski definition) is 1. The largest absolute Gasteiger partial charge is 0.497 e. The molecule has 7 nitrogen and oxygen atoms in total. The molecule has 4 rings (SSSR count). The molecule has 1 saturated carbocycles. The number of amides is 1. The Morgan fingerprint density at radius 3 is 2.49 bits per heavy atom. The van der Waals surface area contributed by atoms with Crippen LogP contribution < -0.4 is 10.1 Å². The van der Waals surface area contributed by atoms with Gasteiger partial charge in [-0.05, 0) is 51.0 Å². The summed E-state index contributed by atoms with van der Waals surface area (Å²) in [7, 11) is 1.63. The lowest BCUT2D eigenvalue weighted by molar-refractivity contribution is -0.183. The first-order chi connectivity index (χ1) is 16.7. The van der Waals surface area contributed by atoms with Crippen LogP contribution in [0.1, 0.15) is 51.7 Å². The molecule has 1 aliphatic carbocycles. The average Bonchev–Trinajstić information content (AvgIpc) is 3.15. The Kier molecular flexibility index (Phi) is 7.81. The van der Waals surface area contributed by atoms with Crippen molar-refractivity contribution >= 4 is 5.91 Å². The van der Waals surface area contributed by atoms with E-state index in [4.69, 9.17) is 23.7 Å². The van der Waals surface area contributed by atoms with Crippen molar-refractivity contribution in [2.45, 2.75) is 89.5 Å². The summed E-state index contributed by atoms with van der Waals surface area (Å²) in [6.07, 6.45) is -0.242. The van der Waals surface area contributed by atoms with Crippen molar-refractivity contribution in [3.8, 4) is 5.75 Å². The van der Waals surface area contributed by atoms with Gasteiger partial charge in [-0.25, -0.2) is 0 Å². The standard InChI is InChI=1S/C28H37NO6/c1-19(2)29-26(30)28(33-18-21-12-9-13-22(14-21)31-5)15-23(32-17-20-10-7-6-8-11-20)25-24(16-28)34-27(3,4)35-25/h6-14,19,23-25H,15-18H2,1-5H3,(H,29,30)/t23?,24-,25+,28-/m1/s1. The Hall–Kier alpha value is -2.45. The molecule has 35 heavy (non-hydrogen) atoms. The van der Waals surface area contributed by atoms with Crippen molar-refractivity contribution in [1.82, 2.24) is 5.32 Å². The lowest BCUT2D eigenvalue weighted by Crippen LogP contribution is -2.60. The van der Waals surface area contributed by atoms with Gasteiger partial charge in [0.15, 0.2) is 11.4 Å². The predicted molar refractivity (Wildman–Crippen MR) is 132 cm³/mol. The molecule has 2 aliphatic rings. The van der Waals surface area contributed by atoms with Gasteiger partial charge in [0, 0.05) is 18.9 Å². The quantitative estimate of drug-likeness (QED) is 0.571. The Balaban J connectivity index is 1.60. The maximum Gasteiger partial charge on any atom is 0.252 e. The number of ether oxygens (including phenoxy) is 5. The Bertz CT molecular complexity index is 994. The highest BCUT2D eigenvalue weighted by molar-refractivity contribution is 5.85. The summed E-state index contributed by atoms with van der Waals surface area (Å²) in [5.41, 5.74) is 0.857. The first-order valence-electron chi connectivity index (χ1n) is 12.3. The first-order valence-corrected chi connectivity index (χ1v) is 12.3. The summed E-state index contributed by atoms with van der Waals surface area (Å²) >= 11 is 0. The monoisotopic (exact) mass is 483 g/mol. The second-order valence-electron chi connectivity index (χ2n) is 10.1. The highest BCUT2D eigenvalue weighted by Crippen LogP contribution is 2.44. The highest BCUT2D eigenvalue weighted by atomic mass is 16.8. The molecule has 190 valence electrons. The number of benzene rings is 2. The van der Waals surface area contributed by atoms with Crippen LogP contribution in [0.3, 0.4) is 0 Å². The molecule has 7 heteroatoms. The zero-order valence-electron chi connectivity index (χ0n) is 21.3. The smallest absolute Gasteiger partial charge is 0.252 e. The number of carbonyl (C=O) groups excluding carboxylic acids is 1. The number of fused-ring (bicyclic) bond motifs is 1. The van der Waals surface area contributed by atoms with Crippen LogP contribution in [0.15, 0.2) is 54.6 Å². The predicted octanol–water partition coefficient (Wildman–Crippen LogP) is 4.37. The summed E-state index contributed by atoms with van der Waals surface area (Å²) in [5.74, 6) is -0.175. The van der Waals surface area contributed by atoms with E-state index < -0.39 is 11.4 Å². The number of carbonyl (C=O) groups is 1. The van der Waals surface area contributed by atoms with Gasteiger partial charge in [-0.1, -0.05) is 42.5 Å². The van der Waals surface area contributed by atoms with Gasteiger partial charge in [0.25, 0.3) is 5.91 Å². The van der Waals surface area contributed by atoms with E-state index in [1.807, 2.05) is 82.3 Å². The Morgan fingerprint density at radius 1 is 1.03 bits per heavy atom. The number of rotatable bonds is 9. The van der Waals surface area contributed by atoms with Crippen molar-refractivity contribution in [1.29, 1.82) is 0 Å². The molecular formula is C28H37NO6. The minimum atomic E-state index is -1.13. The average molecular weight is 484 g/mol. The fraction of sp³-hybridized carbons (Fsp3) is 0.536. The van der Waals surface area contributed by atoms with E-state index >= 15 is 0 Å². The molecule has 1 N–H and O–H groups in total. The fourth-order valence-corrected chi connectivity index (χ4v) is 4.86. The number of methoxy groups -OCH3 is 1. The van der Waals surface area contributed by atoms with Crippen LogP contribution in [0.5, 0.6) is 5.75 Å². The van der Waals surface area contributed by atoms with Crippen LogP contribution in [0, 0.1) is 0 Å². The van der Waals surface area contributed by atoms with E-state index in [9.17, 15) is 4.79 Å². The van der Waals surface area contributed by atoms with Crippen molar-refractivity contribution in [2.24, 2.45) is 0 Å². The minimum Gasteiger partial charge on any atom is -0.497 e. The zero-order chi connectivity index (χ0) is 25.1. The Labute approximate surface area is 208 Å². The third-order valence-corrected chi connectivity index (χ3v) is 6.44. The van der Waals surface area contributed by atoms with Crippen molar-refractivity contribution < 1.29 is 28.5 Å². The maximum absolute atomic E-state index is 13.6. The molecule has 1 saturated heterocycles. The lowest BCUT2D eigenvalue weighted by Gasteiger charge is -2.43. The molecule has 1 amide bonds. The van der Waals surface area contributed by atoms with Gasteiger partial charge in [0.1, 0.15) is 11.9 Å². The van der Waals surface area contributed by atoms with Crippen LogP contribution in [-0.4, -0.2) is 48.8 Å². The molecule has 2 aromatic rings. The third-order valence-electron chi connectivity index (χ3n) is 6.44. The summed E-state index contributed by atoms with van der Waals surface area (Å²) in [4.78, 5) is 13.6. The van der Waals surface area contributed by atoms with Crippen molar-refractivity contribution in [3.63, 3.8) is 0 Å². The summed E-state index contributed by atoms with van der Waals surface area (Å²) in [6.45, 7) is 8.35. The fourth-order valence-electron chi connectivity index (χ4n) is 4.86. The van der Waals surface area contributed by atoms with Crippen LogP contribution in [0.25, 0.3) is 0 Å². The van der Waals surface area contributed by atoms with Gasteiger partial charge in [0.05, 0.1) is 32.5 Å². The Morgan fingerprint density at radius 2 is 1.77 bits per heavy atom. The first kappa shape index (κ1) is 25.6. The van der Waals surface area contributed by atoms with Gasteiger partial charge in [0.2, 0.25) is 0 Å². The second-order valence-corrected chi connectivity index (χ2v) is 10.1. The summed E-state index contributed by atoms with van der Waals surface area (Å²) in [5, 5.41) is 3.07. The van der Waals surface area contributed by atoms with Gasteiger partial charge in [-0.3, -0.25) is 4.79 Å². The molecule has 0 aromatic heterocycles. The maximum atomic E-state index is 13.6. The van der Waals surface area contributed by atoms with Crippen molar-refractivity contribution in [2.75, 3.05) is 7.11 Å². The minimum absolute atomic E-state index is 0.0293. The second kappa shape index (κ2) is 10.7. The van der Waals surface area contributed by atoms with Crippen molar-refractivity contribution in [3.05, 3.63) is 65.7 Å². The molecule has 4 atom stereocenters. The van der Waals surface area contributed by atoms with Gasteiger partial charge in [-0.15, -0.1) is 0 Å². The normalized spacial score (nSPS) is 27.4. The molecular weight excluding hydrogens is 446 g/mol. The third kappa shape index (κ3) is 6.22. The summed E-state index contributed by atoms with van der Waals surface area (Å²) in [6, 6.07) is 17.6. The zero-order valence-corrected chi connectivity index (χ0v) is 21.3. The van der Waals surface area contributed by atoms with Crippen LogP contribution in [0.2, 0.25) is 0 Å². The molecule has 0 bridgehead atoms. The van der Waals surface area contributed by atoms with E-state index in [0.717, 1.165) is 16.9 Å². The number of nitrogens with one attached hydrogen (secondary N) is 1. The van der Waals surface area contributed by atoms with E-state index in [0.29, 0.717) is 19.4 Å². The van der Waals surface area contributed by atoms with Crippen LogP contribution in [-0.2, 0) is 37.0 Å². The molecule has 2 aromatic carbocycles. The molecule has 2 fully saturated rings. The molecule has 0 radical (unpaired) electrons. The van der Waals surface area contributed by atoms with Gasteiger partial charge in [-0.2, -0.15) is 0 Å². The topological polar surface area (TPSA) is 75.3 Å². The van der Waals surface area contributed by atoms with Crippen LogP contribution in [0.4, 0.5) is 0 Å². The van der Waals surface area contributed by atoms with E-state index in [2.05, 4.69) is 5.32 Å². The van der Waals surface area contributed by atoms with E-state index in [-0.39, 0.29) is 36.9 Å². The molecule has 1 heterocycles. The molecule has 1 unspecified atom stereocenters. The SMILES string of the molecule is COc1cccc(CO[C@]2(C(=O)NC(C)C)CC(OCc3ccccc3)[C@@H]3OC(C)(C)O[C@@H]3C2)c1.